The van der Waals surface area contributed by atoms with E-state index in [0.717, 1.165) is 65.8 Å². The van der Waals surface area contributed by atoms with Crippen molar-refractivity contribution in [2.45, 2.75) is 10.2 Å². The van der Waals surface area contributed by atoms with E-state index in [2.05, 4.69) is 47.4 Å². The number of benzene rings is 5. The van der Waals surface area contributed by atoms with Crippen LogP contribution in [0.3, 0.4) is 0 Å². The van der Waals surface area contributed by atoms with Crippen LogP contribution in [-0.2, 0) is 0 Å². The second-order valence-corrected chi connectivity index (χ2v) is 14.0. The van der Waals surface area contributed by atoms with Crippen LogP contribution in [0.5, 0.6) is 0 Å². The second-order valence-electron chi connectivity index (χ2n) is 12.4. The molecule has 9 heteroatoms. The summed E-state index contributed by atoms with van der Waals surface area (Å²) in [5, 5.41) is 5.23. The molecule has 250 valence electrons. The number of thioether (sulfide) groups is 2. The molecular formula is C43H29N5O2S2. The molecule has 0 aliphatic heterocycles. The number of hydrogen-bond donors (Lipinski definition) is 0. The van der Waals surface area contributed by atoms with Crippen molar-refractivity contribution in [1.82, 2.24) is 24.1 Å². The van der Waals surface area contributed by atoms with E-state index in [1.165, 1.54) is 11.8 Å². The Morgan fingerprint density at radius 3 is 1.90 bits per heavy atom. The van der Waals surface area contributed by atoms with Crippen LogP contribution in [0.15, 0.2) is 160 Å². The number of para-hydroxylation sites is 1. The highest BCUT2D eigenvalue weighted by atomic mass is 32.2. The Morgan fingerprint density at radius 2 is 1.15 bits per heavy atom. The molecule has 0 radical (unpaired) electrons. The van der Waals surface area contributed by atoms with Gasteiger partial charge in [-0.1, -0.05) is 84.6 Å². The number of pyridine rings is 3. The van der Waals surface area contributed by atoms with Gasteiger partial charge in [0.15, 0.2) is 5.16 Å². The van der Waals surface area contributed by atoms with Gasteiger partial charge in [0.2, 0.25) is 0 Å². The topological polar surface area (TPSA) is 82.7 Å². The third-order valence-electron chi connectivity index (χ3n) is 9.46. The molecule has 0 unspecified atom stereocenters. The monoisotopic (exact) mass is 711 g/mol. The Hall–Kier alpha value is -6.03. The van der Waals surface area contributed by atoms with Gasteiger partial charge < -0.3 is 0 Å². The average molecular weight is 712 g/mol. The van der Waals surface area contributed by atoms with E-state index in [0.29, 0.717) is 21.4 Å². The van der Waals surface area contributed by atoms with Crippen molar-refractivity contribution >= 4 is 67.0 Å². The Bertz CT molecular complexity index is 2980. The van der Waals surface area contributed by atoms with Crippen molar-refractivity contribution in [3.05, 3.63) is 160 Å². The maximum absolute atomic E-state index is 14.5. The molecule has 0 spiro atoms. The van der Waals surface area contributed by atoms with Gasteiger partial charge in [0.1, 0.15) is 0 Å². The third-order valence-corrected chi connectivity index (χ3v) is 10.7. The molecule has 7 nitrogen and oxygen atoms in total. The largest absolute Gasteiger partial charge is 0.276 e. The predicted molar refractivity (Wildman–Crippen MR) is 215 cm³/mol. The van der Waals surface area contributed by atoms with Crippen molar-refractivity contribution < 1.29 is 0 Å². The SMILES string of the molecule is CSc1cc2c3ccccc3c(=O)n(-c3cc(-c4ccccc4)cc(-c4ccc5c(c4)c4nc(SC)ncc4c(=O)n5-c4ccccc4)c3)c2cn1. The molecule has 4 aromatic heterocycles. The zero-order valence-corrected chi connectivity index (χ0v) is 29.8. The maximum atomic E-state index is 14.5. The molecule has 0 atom stereocenters. The molecule has 0 fully saturated rings. The summed E-state index contributed by atoms with van der Waals surface area (Å²) in [4.78, 5) is 42.5. The van der Waals surface area contributed by atoms with Crippen LogP contribution < -0.4 is 11.1 Å². The average Bonchev–Trinajstić information content (AvgIpc) is 3.21. The van der Waals surface area contributed by atoms with E-state index >= 15 is 0 Å². The standard InChI is InChI=1S/C43H29N5O2S2/c1-51-39-23-34-32-15-9-10-16-33(32)41(49)48(38(34)25-44-39)31-20-28(26-11-5-3-6-12-26)19-29(21-31)27-17-18-37-35(22-27)40-36(24-45-43(46-40)52-2)42(50)47(37)30-13-7-4-8-14-30/h3-25H,1-2H3. The summed E-state index contributed by atoms with van der Waals surface area (Å²) in [5.74, 6) is 0. The fraction of sp³-hybridized carbons (Fsp3) is 0.0465. The van der Waals surface area contributed by atoms with Crippen LogP contribution in [0, 0.1) is 0 Å². The maximum Gasteiger partial charge on any atom is 0.266 e. The number of hydrogen-bond acceptors (Lipinski definition) is 7. The van der Waals surface area contributed by atoms with E-state index in [9.17, 15) is 9.59 Å². The van der Waals surface area contributed by atoms with Gasteiger partial charge in [0.05, 0.1) is 38.8 Å². The van der Waals surface area contributed by atoms with Gasteiger partial charge in [-0.3, -0.25) is 18.7 Å². The van der Waals surface area contributed by atoms with E-state index in [-0.39, 0.29) is 11.1 Å². The van der Waals surface area contributed by atoms with Crippen LogP contribution in [0.4, 0.5) is 0 Å². The van der Waals surface area contributed by atoms with Crippen molar-refractivity contribution in [3.8, 4) is 33.6 Å². The Balaban J connectivity index is 1.36. The molecule has 0 N–H and O–H groups in total. The fourth-order valence-corrected chi connectivity index (χ4v) is 7.75. The fourth-order valence-electron chi connectivity index (χ4n) is 7.02. The first-order valence-electron chi connectivity index (χ1n) is 16.7. The Labute approximate surface area is 306 Å². The van der Waals surface area contributed by atoms with Crippen molar-refractivity contribution in [2.24, 2.45) is 0 Å². The molecular weight excluding hydrogens is 683 g/mol. The van der Waals surface area contributed by atoms with Gasteiger partial charge in [-0.2, -0.15) is 0 Å². The van der Waals surface area contributed by atoms with Crippen LogP contribution in [0.1, 0.15) is 0 Å². The first-order valence-corrected chi connectivity index (χ1v) is 19.1. The van der Waals surface area contributed by atoms with E-state index < -0.39 is 0 Å². The Morgan fingerprint density at radius 1 is 0.481 bits per heavy atom. The number of rotatable bonds is 6. The molecule has 5 aromatic carbocycles. The first kappa shape index (κ1) is 31.9. The number of aromatic nitrogens is 5. The molecule has 0 amide bonds. The molecule has 0 saturated carbocycles. The highest BCUT2D eigenvalue weighted by Crippen LogP contribution is 2.35. The molecule has 0 bridgehead atoms. The molecule has 0 aliphatic rings. The molecule has 9 aromatic rings. The first-order chi connectivity index (χ1) is 25.5. The molecule has 52 heavy (non-hydrogen) atoms. The smallest absolute Gasteiger partial charge is 0.266 e. The normalized spacial score (nSPS) is 11.6. The zero-order valence-electron chi connectivity index (χ0n) is 28.1. The van der Waals surface area contributed by atoms with Crippen LogP contribution in [0.25, 0.3) is 77.1 Å². The summed E-state index contributed by atoms with van der Waals surface area (Å²) in [6.45, 7) is 0. The minimum Gasteiger partial charge on any atom is -0.276 e. The summed E-state index contributed by atoms with van der Waals surface area (Å²) >= 11 is 3.01. The highest BCUT2D eigenvalue weighted by molar-refractivity contribution is 7.98. The minimum absolute atomic E-state index is 0.115. The van der Waals surface area contributed by atoms with Gasteiger partial charge in [0.25, 0.3) is 11.1 Å². The summed E-state index contributed by atoms with van der Waals surface area (Å²) in [7, 11) is 0. The lowest BCUT2D eigenvalue weighted by Gasteiger charge is -2.17. The lowest BCUT2D eigenvalue weighted by molar-refractivity contribution is 0.992. The summed E-state index contributed by atoms with van der Waals surface area (Å²) < 4.78 is 3.51. The lowest BCUT2D eigenvalue weighted by Crippen LogP contribution is -2.20. The van der Waals surface area contributed by atoms with E-state index in [1.54, 1.807) is 33.3 Å². The van der Waals surface area contributed by atoms with Crippen molar-refractivity contribution in [2.75, 3.05) is 12.5 Å². The van der Waals surface area contributed by atoms with E-state index in [4.69, 9.17) is 9.97 Å². The van der Waals surface area contributed by atoms with E-state index in [1.807, 2.05) is 97.4 Å². The molecule has 4 heterocycles. The van der Waals surface area contributed by atoms with Crippen LogP contribution in [0.2, 0.25) is 0 Å². The number of nitrogens with zero attached hydrogens (tertiary/aromatic N) is 5. The third kappa shape index (κ3) is 5.28. The molecule has 9 rings (SSSR count). The van der Waals surface area contributed by atoms with Gasteiger partial charge in [-0.05, 0) is 94.7 Å². The highest BCUT2D eigenvalue weighted by Gasteiger charge is 2.18. The van der Waals surface area contributed by atoms with Crippen LogP contribution >= 0.6 is 23.5 Å². The molecule has 0 aliphatic carbocycles. The van der Waals surface area contributed by atoms with Gasteiger partial charge in [-0.25, -0.2) is 15.0 Å². The zero-order chi connectivity index (χ0) is 35.3. The summed E-state index contributed by atoms with van der Waals surface area (Å²) in [6, 6.07) is 42.0. The quantitative estimate of drug-likeness (QED) is 0.0965. The van der Waals surface area contributed by atoms with Crippen molar-refractivity contribution in [1.29, 1.82) is 0 Å². The summed E-state index contributed by atoms with van der Waals surface area (Å²) in [5.41, 5.74) is 7.06. The lowest BCUT2D eigenvalue weighted by atomic mass is 9.96. The van der Waals surface area contributed by atoms with Gasteiger partial charge in [0, 0.05) is 28.0 Å². The van der Waals surface area contributed by atoms with Crippen LogP contribution in [-0.4, -0.2) is 36.6 Å². The minimum atomic E-state index is -0.178. The van der Waals surface area contributed by atoms with Crippen molar-refractivity contribution in [3.63, 3.8) is 0 Å². The summed E-state index contributed by atoms with van der Waals surface area (Å²) in [6.07, 6.45) is 7.36. The number of fused-ring (bicyclic) bond motifs is 6. The van der Waals surface area contributed by atoms with Gasteiger partial charge >= 0.3 is 0 Å². The predicted octanol–water partition coefficient (Wildman–Crippen LogP) is 9.56. The second kappa shape index (κ2) is 12.9. The Kier molecular flexibility index (Phi) is 7.94. The molecule has 0 saturated heterocycles. The van der Waals surface area contributed by atoms with Gasteiger partial charge in [-0.15, -0.1) is 11.8 Å².